The van der Waals surface area contributed by atoms with E-state index in [0.29, 0.717) is 19.5 Å². The minimum Gasteiger partial charge on any atom is -0.495 e. The maximum Gasteiger partial charge on any atom is 0.246 e. The van der Waals surface area contributed by atoms with Gasteiger partial charge in [0.05, 0.1) is 13.2 Å². The van der Waals surface area contributed by atoms with Gasteiger partial charge >= 0.3 is 0 Å². The summed E-state index contributed by atoms with van der Waals surface area (Å²) >= 11 is 0. The Bertz CT molecular complexity index is 837. The molecule has 0 bridgehead atoms. The second-order valence-electron chi connectivity index (χ2n) is 5.61. The van der Waals surface area contributed by atoms with Gasteiger partial charge in [0.25, 0.3) is 0 Å². The SMILES string of the molecule is CCc1nncn1[C@H]1CCN(S(=O)(=O)c2cc(F)ccc2OC)C1. The summed E-state index contributed by atoms with van der Waals surface area (Å²) < 4.78 is 47.6. The monoisotopic (exact) mass is 354 g/mol. The molecule has 130 valence electrons. The number of hydrogen-bond donors (Lipinski definition) is 0. The summed E-state index contributed by atoms with van der Waals surface area (Å²) in [6.45, 7) is 2.63. The number of benzene rings is 1. The molecule has 0 saturated carbocycles. The highest BCUT2D eigenvalue weighted by Gasteiger charge is 2.35. The number of methoxy groups -OCH3 is 1. The Morgan fingerprint density at radius 3 is 2.92 bits per heavy atom. The molecule has 0 spiro atoms. The van der Waals surface area contributed by atoms with Crippen LogP contribution in [-0.2, 0) is 16.4 Å². The van der Waals surface area contributed by atoms with Crippen LogP contribution in [0.4, 0.5) is 4.39 Å². The van der Waals surface area contributed by atoms with E-state index < -0.39 is 15.8 Å². The third-order valence-corrected chi connectivity index (χ3v) is 6.11. The van der Waals surface area contributed by atoms with E-state index in [1.807, 2.05) is 11.5 Å². The summed E-state index contributed by atoms with van der Waals surface area (Å²) in [6, 6.07) is 3.47. The Morgan fingerprint density at radius 2 is 2.21 bits per heavy atom. The molecule has 0 radical (unpaired) electrons. The van der Waals surface area contributed by atoms with Crippen molar-refractivity contribution in [3.63, 3.8) is 0 Å². The molecule has 9 heteroatoms. The first kappa shape index (κ1) is 16.8. The molecule has 3 rings (SSSR count). The molecular formula is C15H19FN4O3S. The molecule has 7 nitrogen and oxygen atoms in total. The van der Waals surface area contributed by atoms with Gasteiger partial charge in [-0.15, -0.1) is 10.2 Å². The zero-order valence-corrected chi connectivity index (χ0v) is 14.3. The highest BCUT2D eigenvalue weighted by atomic mass is 32.2. The fourth-order valence-electron chi connectivity index (χ4n) is 2.97. The van der Waals surface area contributed by atoms with Crippen LogP contribution >= 0.6 is 0 Å². The van der Waals surface area contributed by atoms with E-state index in [-0.39, 0.29) is 16.7 Å². The van der Waals surface area contributed by atoms with Gasteiger partial charge in [0.15, 0.2) is 0 Å². The number of nitrogens with zero attached hydrogens (tertiary/aromatic N) is 4. The van der Waals surface area contributed by atoms with Gasteiger partial charge in [0.1, 0.15) is 28.6 Å². The number of hydrogen-bond acceptors (Lipinski definition) is 5. The van der Waals surface area contributed by atoms with Crippen LogP contribution < -0.4 is 4.74 Å². The fraction of sp³-hybridized carbons (Fsp3) is 0.467. The van der Waals surface area contributed by atoms with E-state index in [4.69, 9.17) is 4.74 Å². The van der Waals surface area contributed by atoms with E-state index in [2.05, 4.69) is 10.2 Å². The molecule has 1 atom stereocenters. The standard InChI is InChI=1S/C15H19FN4O3S/c1-3-15-18-17-10-20(15)12-6-7-19(9-12)24(21,22)14-8-11(16)4-5-13(14)23-2/h4-5,8,10,12H,3,6-7,9H2,1-2H3/t12-/m0/s1. The van der Waals surface area contributed by atoms with Crippen molar-refractivity contribution in [1.29, 1.82) is 0 Å². The van der Waals surface area contributed by atoms with Crippen molar-refractivity contribution in [3.05, 3.63) is 36.2 Å². The summed E-state index contributed by atoms with van der Waals surface area (Å²) in [5.74, 6) is 0.346. The summed E-state index contributed by atoms with van der Waals surface area (Å²) in [4.78, 5) is -0.148. The van der Waals surface area contributed by atoms with Gasteiger partial charge in [0, 0.05) is 19.5 Å². The molecule has 24 heavy (non-hydrogen) atoms. The maximum atomic E-state index is 13.5. The average Bonchev–Trinajstić information content (AvgIpc) is 3.23. The number of aromatic nitrogens is 3. The molecule has 2 heterocycles. The number of aryl methyl sites for hydroxylation is 1. The minimum absolute atomic E-state index is 0.0238. The molecule has 1 aliphatic heterocycles. The van der Waals surface area contributed by atoms with Crippen LogP contribution in [0.1, 0.15) is 25.2 Å². The number of rotatable bonds is 5. The summed E-state index contributed by atoms with van der Waals surface area (Å²) in [5.41, 5.74) is 0. The molecule has 1 aliphatic rings. The highest BCUT2D eigenvalue weighted by molar-refractivity contribution is 7.89. The van der Waals surface area contributed by atoms with Gasteiger partial charge in [0.2, 0.25) is 10.0 Å². The fourth-order valence-corrected chi connectivity index (χ4v) is 4.63. The third-order valence-electron chi connectivity index (χ3n) is 4.23. The Labute approximate surface area is 140 Å². The van der Waals surface area contributed by atoms with E-state index in [1.165, 1.54) is 23.5 Å². The number of ether oxygens (including phenoxy) is 1. The first-order valence-electron chi connectivity index (χ1n) is 7.69. The molecule has 1 saturated heterocycles. The smallest absolute Gasteiger partial charge is 0.246 e. The van der Waals surface area contributed by atoms with Crippen LogP contribution in [0.2, 0.25) is 0 Å². The molecular weight excluding hydrogens is 335 g/mol. The van der Waals surface area contributed by atoms with Crippen LogP contribution in [0, 0.1) is 5.82 Å². The second kappa shape index (κ2) is 6.48. The molecule has 0 amide bonds. The first-order valence-corrected chi connectivity index (χ1v) is 9.13. The van der Waals surface area contributed by atoms with Crippen LogP contribution in [0.3, 0.4) is 0 Å². The van der Waals surface area contributed by atoms with E-state index >= 15 is 0 Å². The third kappa shape index (κ3) is 2.89. The van der Waals surface area contributed by atoms with Crippen LogP contribution in [0.5, 0.6) is 5.75 Å². The number of sulfonamides is 1. The molecule has 1 aromatic carbocycles. The van der Waals surface area contributed by atoms with Gasteiger partial charge in [-0.3, -0.25) is 0 Å². The lowest BCUT2D eigenvalue weighted by molar-refractivity contribution is 0.395. The van der Waals surface area contributed by atoms with Crippen molar-refractivity contribution in [3.8, 4) is 5.75 Å². The Kier molecular flexibility index (Phi) is 4.55. The quantitative estimate of drug-likeness (QED) is 0.815. The van der Waals surface area contributed by atoms with Crippen molar-refractivity contribution in [2.24, 2.45) is 0 Å². The average molecular weight is 354 g/mol. The van der Waals surface area contributed by atoms with Crippen molar-refractivity contribution in [1.82, 2.24) is 19.1 Å². The van der Waals surface area contributed by atoms with Gasteiger partial charge in [-0.2, -0.15) is 4.31 Å². The van der Waals surface area contributed by atoms with Crippen molar-refractivity contribution in [2.75, 3.05) is 20.2 Å². The van der Waals surface area contributed by atoms with Crippen LogP contribution in [-0.4, -0.2) is 47.7 Å². The highest BCUT2D eigenvalue weighted by Crippen LogP contribution is 2.32. The Hall–Kier alpha value is -2.00. The van der Waals surface area contributed by atoms with E-state index in [1.54, 1.807) is 6.33 Å². The predicted molar refractivity (Wildman–Crippen MR) is 84.8 cm³/mol. The van der Waals surface area contributed by atoms with Crippen LogP contribution in [0.15, 0.2) is 29.4 Å². The van der Waals surface area contributed by atoms with Crippen LogP contribution in [0.25, 0.3) is 0 Å². The second-order valence-corrected chi connectivity index (χ2v) is 7.52. The molecule has 1 aromatic heterocycles. The topological polar surface area (TPSA) is 77.3 Å². The van der Waals surface area contributed by atoms with E-state index in [9.17, 15) is 12.8 Å². The Balaban J connectivity index is 1.89. The van der Waals surface area contributed by atoms with Crippen molar-refractivity contribution >= 4 is 10.0 Å². The lowest BCUT2D eigenvalue weighted by atomic mass is 10.2. The number of halogens is 1. The summed E-state index contributed by atoms with van der Waals surface area (Å²) in [5, 5.41) is 7.94. The van der Waals surface area contributed by atoms with Crippen molar-refractivity contribution < 1.29 is 17.5 Å². The molecule has 1 fully saturated rings. The van der Waals surface area contributed by atoms with Gasteiger partial charge in [-0.1, -0.05) is 6.92 Å². The molecule has 0 unspecified atom stereocenters. The minimum atomic E-state index is -3.83. The lowest BCUT2D eigenvalue weighted by Crippen LogP contribution is -2.30. The predicted octanol–water partition coefficient (Wildman–Crippen LogP) is 1.62. The zero-order chi connectivity index (χ0) is 17.3. The zero-order valence-electron chi connectivity index (χ0n) is 13.5. The van der Waals surface area contributed by atoms with Gasteiger partial charge < -0.3 is 9.30 Å². The first-order chi connectivity index (χ1) is 11.5. The lowest BCUT2D eigenvalue weighted by Gasteiger charge is -2.19. The maximum absolute atomic E-state index is 13.5. The molecule has 0 aliphatic carbocycles. The largest absolute Gasteiger partial charge is 0.495 e. The van der Waals surface area contributed by atoms with Crippen molar-refractivity contribution in [2.45, 2.75) is 30.7 Å². The summed E-state index contributed by atoms with van der Waals surface area (Å²) in [6.07, 6.45) is 3.01. The van der Waals surface area contributed by atoms with Gasteiger partial charge in [-0.25, -0.2) is 12.8 Å². The Morgan fingerprint density at radius 1 is 1.42 bits per heavy atom. The molecule has 2 aromatic rings. The van der Waals surface area contributed by atoms with Gasteiger partial charge in [-0.05, 0) is 24.6 Å². The van der Waals surface area contributed by atoms with E-state index in [0.717, 1.165) is 18.3 Å². The summed E-state index contributed by atoms with van der Waals surface area (Å²) in [7, 11) is -2.47. The normalized spacial score (nSPS) is 18.9. The molecule has 0 N–H and O–H groups in total.